The van der Waals surface area contributed by atoms with Crippen LogP contribution in [0.5, 0.6) is 23.0 Å². The van der Waals surface area contributed by atoms with E-state index in [0.717, 1.165) is 40.7 Å². The summed E-state index contributed by atoms with van der Waals surface area (Å²) in [6.07, 6.45) is 2.17. The van der Waals surface area contributed by atoms with Crippen molar-refractivity contribution in [3.05, 3.63) is 59.7 Å². The minimum atomic E-state index is -0.779. The molecule has 0 aliphatic carbocycles. The third kappa shape index (κ3) is 2.00. The molecule has 4 heteroatoms. The van der Waals surface area contributed by atoms with Crippen LogP contribution in [0.3, 0.4) is 0 Å². The van der Waals surface area contributed by atoms with Gasteiger partial charge in [0.15, 0.2) is 11.5 Å². The van der Waals surface area contributed by atoms with Gasteiger partial charge in [-0.3, -0.25) is 0 Å². The van der Waals surface area contributed by atoms with Crippen LogP contribution in [0.25, 0.3) is 10.8 Å². The molecule has 126 valence electrons. The van der Waals surface area contributed by atoms with Crippen molar-refractivity contribution in [3.8, 4) is 23.0 Å². The fourth-order valence-electron chi connectivity index (χ4n) is 4.00. The van der Waals surface area contributed by atoms with E-state index in [1.54, 1.807) is 7.11 Å². The van der Waals surface area contributed by atoms with Crippen molar-refractivity contribution in [2.75, 3.05) is 7.11 Å². The molecule has 0 saturated carbocycles. The molecular weight excluding hydrogens is 316 g/mol. The van der Waals surface area contributed by atoms with E-state index in [9.17, 15) is 5.11 Å². The average molecular weight is 334 g/mol. The Morgan fingerprint density at radius 2 is 1.76 bits per heavy atom. The first-order valence-electron chi connectivity index (χ1n) is 8.47. The number of fused-ring (bicyclic) bond motifs is 3. The van der Waals surface area contributed by atoms with E-state index in [0.29, 0.717) is 12.2 Å². The van der Waals surface area contributed by atoms with Crippen LogP contribution in [0.4, 0.5) is 0 Å². The molecule has 3 aromatic carbocycles. The van der Waals surface area contributed by atoms with Crippen LogP contribution >= 0.6 is 0 Å². The standard InChI is InChI=1S/C21H18O4/c1-23-19-15-8-4-3-7-14(15)18(22)20-16(19)12-21(25-20)11-10-13-6-2-5-9-17(13)24-21/h2-9,22H,10-12H2,1H3/t21-/m1/s1. The number of aryl methyl sites for hydroxylation is 1. The van der Waals surface area contributed by atoms with Crippen molar-refractivity contribution in [2.45, 2.75) is 25.0 Å². The van der Waals surface area contributed by atoms with Gasteiger partial charge in [-0.2, -0.15) is 0 Å². The molecule has 25 heavy (non-hydrogen) atoms. The molecule has 0 saturated heterocycles. The van der Waals surface area contributed by atoms with Gasteiger partial charge >= 0.3 is 0 Å². The monoisotopic (exact) mass is 334 g/mol. The maximum atomic E-state index is 10.8. The van der Waals surface area contributed by atoms with Crippen LogP contribution in [-0.4, -0.2) is 18.0 Å². The molecular formula is C21H18O4. The molecule has 1 atom stereocenters. The highest BCUT2D eigenvalue weighted by Crippen LogP contribution is 2.53. The molecule has 2 aliphatic heterocycles. The summed E-state index contributed by atoms with van der Waals surface area (Å²) >= 11 is 0. The van der Waals surface area contributed by atoms with Gasteiger partial charge in [-0.25, -0.2) is 0 Å². The number of para-hydroxylation sites is 1. The Labute approximate surface area is 145 Å². The number of hydrogen-bond donors (Lipinski definition) is 1. The number of aromatic hydroxyl groups is 1. The summed E-state index contributed by atoms with van der Waals surface area (Å²) in [6, 6.07) is 15.7. The fraction of sp³-hybridized carbons (Fsp3) is 0.238. The van der Waals surface area contributed by atoms with E-state index in [-0.39, 0.29) is 5.75 Å². The molecule has 1 spiro atoms. The third-order valence-electron chi connectivity index (χ3n) is 5.17. The number of benzene rings is 3. The molecule has 3 aromatic rings. The second kappa shape index (κ2) is 5.06. The van der Waals surface area contributed by atoms with E-state index < -0.39 is 5.79 Å². The van der Waals surface area contributed by atoms with Crippen LogP contribution in [0.1, 0.15) is 17.5 Å². The average Bonchev–Trinajstić information content (AvgIpc) is 3.01. The van der Waals surface area contributed by atoms with E-state index >= 15 is 0 Å². The smallest absolute Gasteiger partial charge is 0.256 e. The van der Waals surface area contributed by atoms with Crippen molar-refractivity contribution >= 4 is 10.8 Å². The highest BCUT2D eigenvalue weighted by Gasteiger charge is 2.47. The molecule has 0 unspecified atom stereocenters. The van der Waals surface area contributed by atoms with Gasteiger partial charge in [-0.15, -0.1) is 0 Å². The number of ether oxygens (including phenoxy) is 3. The zero-order chi connectivity index (χ0) is 17.0. The molecule has 4 nitrogen and oxygen atoms in total. The van der Waals surface area contributed by atoms with Gasteiger partial charge in [0.1, 0.15) is 11.5 Å². The van der Waals surface area contributed by atoms with Gasteiger partial charge < -0.3 is 19.3 Å². The predicted octanol–water partition coefficient (Wildman–Crippen LogP) is 4.21. The van der Waals surface area contributed by atoms with Crippen molar-refractivity contribution < 1.29 is 19.3 Å². The Kier molecular flexibility index (Phi) is 2.93. The molecule has 0 aromatic heterocycles. The first-order valence-corrected chi connectivity index (χ1v) is 8.47. The maximum Gasteiger partial charge on any atom is 0.256 e. The topological polar surface area (TPSA) is 47.9 Å². The highest BCUT2D eigenvalue weighted by atomic mass is 16.7. The highest BCUT2D eigenvalue weighted by molar-refractivity contribution is 5.97. The number of rotatable bonds is 1. The van der Waals surface area contributed by atoms with E-state index in [1.165, 1.54) is 5.56 Å². The van der Waals surface area contributed by atoms with E-state index in [4.69, 9.17) is 14.2 Å². The zero-order valence-electron chi connectivity index (χ0n) is 13.9. The van der Waals surface area contributed by atoms with Gasteiger partial charge in [-0.05, 0) is 18.1 Å². The molecule has 1 N–H and O–H groups in total. The number of hydrogen-bond acceptors (Lipinski definition) is 4. The van der Waals surface area contributed by atoms with E-state index in [2.05, 4.69) is 6.07 Å². The second-order valence-corrected chi connectivity index (χ2v) is 6.63. The first kappa shape index (κ1) is 14.5. The van der Waals surface area contributed by atoms with Crippen LogP contribution < -0.4 is 14.2 Å². The maximum absolute atomic E-state index is 10.8. The Balaban J connectivity index is 1.65. The molecule has 5 rings (SSSR count). The van der Waals surface area contributed by atoms with Crippen LogP contribution in [0.2, 0.25) is 0 Å². The number of phenols is 1. The molecule has 0 bridgehead atoms. The van der Waals surface area contributed by atoms with Crippen molar-refractivity contribution in [2.24, 2.45) is 0 Å². The third-order valence-corrected chi connectivity index (χ3v) is 5.17. The Morgan fingerprint density at radius 1 is 1.00 bits per heavy atom. The fourth-order valence-corrected chi connectivity index (χ4v) is 4.00. The summed E-state index contributed by atoms with van der Waals surface area (Å²) < 4.78 is 18.2. The van der Waals surface area contributed by atoms with Gasteiger partial charge in [0, 0.05) is 22.8 Å². The van der Waals surface area contributed by atoms with Crippen molar-refractivity contribution in [1.29, 1.82) is 0 Å². The number of methoxy groups -OCH3 is 1. The second-order valence-electron chi connectivity index (χ2n) is 6.63. The van der Waals surface area contributed by atoms with Crippen molar-refractivity contribution in [1.82, 2.24) is 0 Å². The van der Waals surface area contributed by atoms with Crippen LogP contribution in [0.15, 0.2) is 48.5 Å². The molecule has 2 heterocycles. The molecule has 0 radical (unpaired) electrons. The first-order chi connectivity index (χ1) is 12.2. The summed E-state index contributed by atoms with van der Waals surface area (Å²) in [4.78, 5) is 0. The Bertz CT molecular complexity index is 995. The molecule has 0 fully saturated rings. The summed E-state index contributed by atoms with van der Waals surface area (Å²) in [5.41, 5.74) is 2.06. The minimum Gasteiger partial charge on any atom is -0.504 e. The lowest BCUT2D eigenvalue weighted by Crippen LogP contribution is -2.44. The zero-order valence-corrected chi connectivity index (χ0v) is 13.9. The molecule has 2 aliphatic rings. The van der Waals surface area contributed by atoms with Gasteiger partial charge in [0.2, 0.25) is 0 Å². The lowest BCUT2D eigenvalue weighted by Gasteiger charge is -2.34. The van der Waals surface area contributed by atoms with Crippen LogP contribution in [0, 0.1) is 0 Å². The molecule has 0 amide bonds. The predicted molar refractivity (Wildman–Crippen MR) is 94.6 cm³/mol. The summed E-state index contributed by atoms with van der Waals surface area (Å²) in [5, 5.41) is 12.4. The summed E-state index contributed by atoms with van der Waals surface area (Å²) in [7, 11) is 1.65. The summed E-state index contributed by atoms with van der Waals surface area (Å²) in [6.45, 7) is 0. The van der Waals surface area contributed by atoms with E-state index in [1.807, 2.05) is 42.5 Å². The summed E-state index contributed by atoms with van der Waals surface area (Å²) in [5.74, 6) is 1.46. The van der Waals surface area contributed by atoms with Gasteiger partial charge in [0.25, 0.3) is 5.79 Å². The minimum absolute atomic E-state index is 0.158. The lowest BCUT2D eigenvalue weighted by atomic mass is 9.94. The SMILES string of the molecule is COc1c2c(c(O)c3ccccc13)O[C@]1(CCc3ccccc3O1)C2. The van der Waals surface area contributed by atoms with Gasteiger partial charge in [-0.1, -0.05) is 42.5 Å². The van der Waals surface area contributed by atoms with Gasteiger partial charge in [0.05, 0.1) is 13.5 Å². The lowest BCUT2D eigenvalue weighted by molar-refractivity contribution is -0.111. The Hall–Kier alpha value is -2.88. The quantitative estimate of drug-likeness (QED) is 0.724. The largest absolute Gasteiger partial charge is 0.504 e. The normalized spacial score (nSPS) is 20.7. The Morgan fingerprint density at radius 3 is 2.60 bits per heavy atom. The number of phenolic OH excluding ortho intramolecular Hbond substituents is 1. The van der Waals surface area contributed by atoms with Crippen LogP contribution in [-0.2, 0) is 12.8 Å². The van der Waals surface area contributed by atoms with Crippen molar-refractivity contribution in [3.63, 3.8) is 0 Å².